The molecule has 6 rings (SSSR count). The van der Waals surface area contributed by atoms with Gasteiger partial charge in [0.2, 0.25) is 6.29 Å². The molecule has 2 aromatic heterocycles. The number of aromatic hydroxyl groups is 1. The quantitative estimate of drug-likeness (QED) is 0.109. The number of phenolic OH excluding ortho intramolecular Hbond substituents is 1. The van der Waals surface area contributed by atoms with Crippen LogP contribution in [0.25, 0.3) is 21.7 Å². The van der Waals surface area contributed by atoms with Crippen molar-refractivity contribution >= 4 is 33.2 Å². The van der Waals surface area contributed by atoms with Gasteiger partial charge in [0, 0.05) is 59.5 Å². The molecule has 1 aliphatic heterocycles. The molecule has 12 nitrogen and oxygen atoms in total. The number of aryl methyl sites for hydroxylation is 1. The summed E-state index contributed by atoms with van der Waals surface area (Å²) < 4.78 is 23.3. The number of hydrogen-bond donors (Lipinski definition) is 6. The van der Waals surface area contributed by atoms with Crippen LogP contribution < -0.4 is 9.47 Å². The predicted molar refractivity (Wildman–Crippen MR) is 171 cm³/mol. The maximum atomic E-state index is 13.3. The van der Waals surface area contributed by atoms with Crippen LogP contribution in [0.3, 0.4) is 0 Å². The number of aliphatic hydroxyl groups excluding tert-OH is 3. The Bertz CT molecular complexity index is 1900. The first-order valence-electron chi connectivity index (χ1n) is 15.2. The van der Waals surface area contributed by atoms with Gasteiger partial charge in [-0.25, -0.2) is 0 Å². The fourth-order valence-corrected chi connectivity index (χ4v) is 5.96. The second-order valence-corrected chi connectivity index (χ2v) is 11.6. The zero-order valence-electron chi connectivity index (χ0n) is 25.8. The summed E-state index contributed by atoms with van der Waals surface area (Å²) in [5.74, 6) is -0.670. The highest BCUT2D eigenvalue weighted by Gasteiger charge is 2.45. The Morgan fingerprint density at radius 1 is 0.957 bits per heavy atom. The van der Waals surface area contributed by atoms with E-state index >= 15 is 0 Å². The summed E-state index contributed by atoms with van der Waals surface area (Å²) >= 11 is 0. The molecule has 0 aliphatic carbocycles. The van der Waals surface area contributed by atoms with Crippen LogP contribution in [0.15, 0.2) is 67.1 Å². The van der Waals surface area contributed by atoms with E-state index in [9.17, 15) is 30.0 Å². The molecule has 3 heterocycles. The summed E-state index contributed by atoms with van der Waals surface area (Å²) in [6.45, 7) is 1.74. The van der Waals surface area contributed by atoms with E-state index in [1.165, 1.54) is 13.2 Å². The number of rotatable bonds is 12. The lowest BCUT2D eigenvalue weighted by molar-refractivity contribution is -0.280. The number of aromatic nitrogens is 2. The molecule has 5 atom stereocenters. The van der Waals surface area contributed by atoms with Crippen LogP contribution >= 0.6 is 0 Å². The van der Waals surface area contributed by atoms with Gasteiger partial charge in [-0.3, -0.25) is 9.59 Å². The van der Waals surface area contributed by atoms with Crippen LogP contribution in [0, 0.1) is 6.92 Å². The van der Waals surface area contributed by atoms with Crippen molar-refractivity contribution in [2.75, 3.05) is 13.7 Å². The van der Waals surface area contributed by atoms with Crippen LogP contribution in [0.2, 0.25) is 0 Å². The second-order valence-electron chi connectivity index (χ2n) is 11.6. The van der Waals surface area contributed by atoms with Crippen molar-refractivity contribution in [1.82, 2.24) is 9.97 Å². The Balaban J connectivity index is 1.23. The Morgan fingerprint density at radius 3 is 2.51 bits per heavy atom. The zero-order chi connectivity index (χ0) is 33.2. The molecule has 1 saturated heterocycles. The predicted octanol–water partition coefficient (Wildman–Crippen LogP) is 3.92. The Hall–Kier alpha value is -4.72. The molecule has 0 saturated carbocycles. The maximum Gasteiger partial charge on any atom is 0.229 e. The number of para-hydroxylation sites is 1. The van der Waals surface area contributed by atoms with Gasteiger partial charge in [0.25, 0.3) is 0 Å². The highest BCUT2D eigenvalue weighted by atomic mass is 16.7. The van der Waals surface area contributed by atoms with Crippen molar-refractivity contribution < 1.29 is 49.0 Å². The third-order valence-electron chi connectivity index (χ3n) is 8.49. The molecule has 0 unspecified atom stereocenters. The molecular formula is C35H36N2O10. The first-order valence-corrected chi connectivity index (χ1v) is 15.2. The SMILES string of the molecule is COc1cc(O[C@H]2O[C@H](COCc3c[nH]c4ccccc34)[C@@H](O)[C@H](O)[C@H]2O)c2c(O)c(C(=O)CCC(=O)c3cc[nH]c3)c(C)cc2c1. The zero-order valence-corrected chi connectivity index (χ0v) is 25.8. The molecule has 12 heteroatoms. The van der Waals surface area contributed by atoms with Crippen LogP contribution in [0.1, 0.15) is 44.7 Å². The number of aliphatic hydroxyl groups is 3. The standard InChI is InChI=1S/C35H36N2O10/c1-18-11-20-12-22(44-2)13-27(30(20)32(41)29(18)26(39)8-7-25(38)19-9-10-36-14-19)46-35-34(43)33(42)31(40)28(47-35)17-45-16-21-15-37-24-6-4-3-5-23(21)24/h3-6,9-15,28,31,33-37,40-43H,7-8,16-17H2,1-2H3/t28-,31-,33+,34-,35+/m1/s1. The van der Waals surface area contributed by atoms with Gasteiger partial charge in [-0.15, -0.1) is 0 Å². The number of fused-ring (bicyclic) bond motifs is 2. The molecule has 246 valence electrons. The van der Waals surface area contributed by atoms with E-state index in [1.54, 1.807) is 37.5 Å². The summed E-state index contributed by atoms with van der Waals surface area (Å²) in [5, 5.41) is 45.3. The van der Waals surface area contributed by atoms with Gasteiger partial charge in [-0.1, -0.05) is 24.3 Å². The summed E-state index contributed by atoms with van der Waals surface area (Å²) in [5.41, 5.74) is 2.81. The van der Waals surface area contributed by atoms with E-state index < -0.39 is 36.5 Å². The van der Waals surface area contributed by atoms with Crippen molar-refractivity contribution in [3.63, 3.8) is 0 Å². The normalized spacial score (nSPS) is 21.3. The molecule has 5 aromatic rings. The fourth-order valence-electron chi connectivity index (χ4n) is 5.96. The van der Waals surface area contributed by atoms with Crippen LogP contribution in [0.4, 0.5) is 0 Å². The van der Waals surface area contributed by atoms with E-state index in [1.807, 2.05) is 30.5 Å². The average Bonchev–Trinajstić information content (AvgIpc) is 3.75. The first kappa shape index (κ1) is 32.2. The summed E-state index contributed by atoms with van der Waals surface area (Å²) in [4.78, 5) is 31.8. The largest absolute Gasteiger partial charge is 0.506 e. The van der Waals surface area contributed by atoms with E-state index in [4.69, 9.17) is 18.9 Å². The maximum absolute atomic E-state index is 13.3. The number of methoxy groups -OCH3 is 1. The van der Waals surface area contributed by atoms with Gasteiger partial charge in [-0.2, -0.15) is 0 Å². The van der Waals surface area contributed by atoms with Crippen LogP contribution in [0.5, 0.6) is 17.2 Å². The molecule has 3 aromatic carbocycles. The number of carbonyl (C=O) groups is 2. The molecular weight excluding hydrogens is 608 g/mol. The van der Waals surface area contributed by atoms with Crippen molar-refractivity contribution in [2.24, 2.45) is 0 Å². The summed E-state index contributed by atoms with van der Waals surface area (Å²) in [6.07, 6.45) is -2.55. The number of H-pyrrole nitrogens is 2. The fraction of sp³-hybridized carbons (Fsp3) is 0.314. The van der Waals surface area contributed by atoms with E-state index in [0.717, 1.165) is 16.5 Å². The highest BCUT2D eigenvalue weighted by Crippen LogP contribution is 2.42. The Kier molecular flexibility index (Phi) is 9.30. The molecule has 0 radical (unpaired) electrons. The third-order valence-corrected chi connectivity index (χ3v) is 8.49. The van der Waals surface area contributed by atoms with E-state index in [2.05, 4.69) is 9.97 Å². The van der Waals surface area contributed by atoms with Crippen molar-refractivity contribution in [1.29, 1.82) is 0 Å². The highest BCUT2D eigenvalue weighted by molar-refractivity contribution is 6.09. The minimum atomic E-state index is -1.68. The number of nitrogens with one attached hydrogen (secondary N) is 2. The summed E-state index contributed by atoms with van der Waals surface area (Å²) in [6, 6.07) is 14.1. The van der Waals surface area contributed by atoms with Crippen LogP contribution in [-0.2, 0) is 16.1 Å². The van der Waals surface area contributed by atoms with Crippen molar-refractivity contribution in [2.45, 2.75) is 57.1 Å². The molecule has 47 heavy (non-hydrogen) atoms. The lowest BCUT2D eigenvalue weighted by Gasteiger charge is -2.40. The topological polar surface area (TPSA) is 184 Å². The molecule has 6 N–H and O–H groups in total. The van der Waals surface area contributed by atoms with Crippen LogP contribution in [-0.4, -0.2) is 86.4 Å². The van der Waals surface area contributed by atoms with Gasteiger partial charge in [0.05, 0.1) is 31.3 Å². The number of ether oxygens (including phenoxy) is 4. The molecule has 1 aliphatic rings. The third kappa shape index (κ3) is 6.46. The number of benzene rings is 3. The Morgan fingerprint density at radius 2 is 1.74 bits per heavy atom. The van der Waals surface area contributed by atoms with E-state index in [0.29, 0.717) is 22.3 Å². The van der Waals surface area contributed by atoms with Gasteiger partial charge < -0.3 is 49.3 Å². The van der Waals surface area contributed by atoms with Gasteiger partial charge in [0.15, 0.2) is 11.6 Å². The molecule has 0 bridgehead atoms. The number of hydrogen-bond acceptors (Lipinski definition) is 10. The number of ketones is 2. The minimum absolute atomic E-state index is 0.000370. The van der Waals surface area contributed by atoms with E-state index in [-0.39, 0.29) is 54.3 Å². The smallest absolute Gasteiger partial charge is 0.229 e. The number of phenols is 1. The minimum Gasteiger partial charge on any atom is -0.506 e. The number of Topliss-reactive ketones (excluding diaryl/α,β-unsaturated/α-hetero) is 2. The summed E-state index contributed by atoms with van der Waals surface area (Å²) in [7, 11) is 1.45. The average molecular weight is 645 g/mol. The number of carbonyl (C=O) groups excluding carboxylic acids is 2. The lowest BCUT2D eigenvalue weighted by Crippen LogP contribution is -2.60. The lowest BCUT2D eigenvalue weighted by atomic mass is 9.94. The van der Waals surface area contributed by atoms with Gasteiger partial charge in [0.1, 0.15) is 41.7 Å². The molecule has 0 amide bonds. The van der Waals surface area contributed by atoms with Gasteiger partial charge >= 0.3 is 0 Å². The Labute approximate surface area is 269 Å². The molecule has 1 fully saturated rings. The number of aromatic amines is 2. The first-order chi connectivity index (χ1) is 22.7. The molecule has 0 spiro atoms. The monoisotopic (exact) mass is 644 g/mol. The van der Waals surface area contributed by atoms with Gasteiger partial charge in [-0.05, 0) is 36.1 Å². The second kappa shape index (κ2) is 13.6. The van der Waals surface area contributed by atoms with Crippen molar-refractivity contribution in [3.8, 4) is 17.2 Å². The van der Waals surface area contributed by atoms with Crippen molar-refractivity contribution in [3.05, 3.63) is 89.4 Å².